The van der Waals surface area contributed by atoms with Crippen molar-refractivity contribution in [3.63, 3.8) is 0 Å². The molecular weight excluding hydrogens is 236 g/mol. The highest BCUT2D eigenvalue weighted by molar-refractivity contribution is 6.30. The number of halogens is 1. The van der Waals surface area contributed by atoms with Crippen LogP contribution in [-0.2, 0) is 4.74 Å². The second-order valence-corrected chi connectivity index (χ2v) is 5.65. The van der Waals surface area contributed by atoms with Gasteiger partial charge in [-0.3, -0.25) is 11.3 Å². The van der Waals surface area contributed by atoms with E-state index in [2.05, 4.69) is 26.2 Å². The molecule has 0 bridgehead atoms. The fourth-order valence-corrected chi connectivity index (χ4v) is 2.14. The van der Waals surface area contributed by atoms with Gasteiger partial charge < -0.3 is 4.74 Å². The van der Waals surface area contributed by atoms with Gasteiger partial charge in [-0.05, 0) is 23.1 Å². The topological polar surface area (TPSA) is 47.3 Å². The summed E-state index contributed by atoms with van der Waals surface area (Å²) in [5.41, 5.74) is 3.89. The van der Waals surface area contributed by atoms with E-state index < -0.39 is 0 Å². The zero-order chi connectivity index (χ0) is 13.1. The summed E-state index contributed by atoms with van der Waals surface area (Å²) >= 11 is 5.88. The second kappa shape index (κ2) is 5.83. The Morgan fingerprint density at radius 3 is 2.12 bits per heavy atom. The van der Waals surface area contributed by atoms with E-state index in [1.807, 2.05) is 24.3 Å². The Labute approximate surface area is 108 Å². The number of nitrogens with two attached hydrogens (primary N) is 1. The van der Waals surface area contributed by atoms with Crippen molar-refractivity contribution >= 4 is 11.6 Å². The van der Waals surface area contributed by atoms with Crippen molar-refractivity contribution in [3.05, 3.63) is 34.9 Å². The number of ether oxygens (including phenoxy) is 1. The number of hydrogen-bond donors (Lipinski definition) is 2. The Bertz CT molecular complexity index is 345. The highest BCUT2D eigenvalue weighted by Gasteiger charge is 2.32. The third-order valence-electron chi connectivity index (χ3n) is 2.82. The lowest BCUT2D eigenvalue weighted by Crippen LogP contribution is -2.44. The van der Waals surface area contributed by atoms with Gasteiger partial charge in [0.05, 0.1) is 12.1 Å². The quantitative estimate of drug-likeness (QED) is 0.643. The van der Waals surface area contributed by atoms with Gasteiger partial charge in [-0.2, -0.15) is 0 Å². The highest BCUT2D eigenvalue weighted by atomic mass is 35.5. The predicted molar refractivity (Wildman–Crippen MR) is 71.8 cm³/mol. The first-order chi connectivity index (χ1) is 7.90. The Hall–Kier alpha value is -0.610. The molecule has 0 aliphatic rings. The SMILES string of the molecule is COC(C(NN)c1ccc(Cl)cc1)C(C)(C)C. The first-order valence-corrected chi connectivity index (χ1v) is 6.02. The van der Waals surface area contributed by atoms with Gasteiger partial charge >= 0.3 is 0 Å². The fourth-order valence-electron chi connectivity index (χ4n) is 2.02. The maximum absolute atomic E-state index is 5.88. The number of benzene rings is 1. The summed E-state index contributed by atoms with van der Waals surface area (Å²) in [6.07, 6.45) is -0.0197. The van der Waals surface area contributed by atoms with E-state index in [1.165, 1.54) is 0 Å². The number of rotatable bonds is 4. The predicted octanol–water partition coefficient (Wildman–Crippen LogP) is 2.91. The van der Waals surface area contributed by atoms with Gasteiger partial charge in [0.25, 0.3) is 0 Å². The third-order valence-corrected chi connectivity index (χ3v) is 3.07. The lowest BCUT2D eigenvalue weighted by atomic mass is 9.82. The first kappa shape index (κ1) is 14.5. The van der Waals surface area contributed by atoms with Crippen molar-refractivity contribution in [1.29, 1.82) is 0 Å². The molecule has 0 aromatic heterocycles. The van der Waals surface area contributed by atoms with Crippen LogP contribution in [-0.4, -0.2) is 13.2 Å². The number of hydrazine groups is 1. The van der Waals surface area contributed by atoms with Crippen molar-refractivity contribution in [3.8, 4) is 0 Å². The monoisotopic (exact) mass is 256 g/mol. The van der Waals surface area contributed by atoms with Crippen LogP contribution in [0.1, 0.15) is 32.4 Å². The molecule has 4 heteroatoms. The van der Waals surface area contributed by atoms with Crippen LogP contribution in [0.25, 0.3) is 0 Å². The van der Waals surface area contributed by atoms with E-state index >= 15 is 0 Å². The maximum Gasteiger partial charge on any atom is 0.0827 e. The van der Waals surface area contributed by atoms with Crippen LogP contribution in [0.3, 0.4) is 0 Å². The summed E-state index contributed by atoms with van der Waals surface area (Å²) in [6, 6.07) is 7.58. The zero-order valence-electron chi connectivity index (χ0n) is 10.8. The van der Waals surface area contributed by atoms with Crippen molar-refractivity contribution < 1.29 is 4.74 Å². The van der Waals surface area contributed by atoms with Gasteiger partial charge in [0.1, 0.15) is 0 Å². The average Bonchev–Trinajstić information content (AvgIpc) is 2.25. The van der Waals surface area contributed by atoms with E-state index in [0.717, 1.165) is 5.56 Å². The molecule has 0 heterocycles. The molecule has 96 valence electrons. The summed E-state index contributed by atoms with van der Waals surface area (Å²) in [6.45, 7) is 6.38. The molecular formula is C13H21ClN2O. The maximum atomic E-state index is 5.88. The molecule has 0 amide bonds. The average molecular weight is 257 g/mol. The van der Waals surface area contributed by atoms with Crippen LogP contribution in [0.15, 0.2) is 24.3 Å². The molecule has 0 aliphatic heterocycles. The smallest absolute Gasteiger partial charge is 0.0827 e. The molecule has 1 rings (SSSR count). The van der Waals surface area contributed by atoms with Crippen LogP contribution in [0, 0.1) is 5.41 Å². The minimum Gasteiger partial charge on any atom is -0.379 e. The van der Waals surface area contributed by atoms with Crippen molar-refractivity contribution in [1.82, 2.24) is 5.43 Å². The van der Waals surface area contributed by atoms with Crippen LogP contribution in [0.5, 0.6) is 0 Å². The summed E-state index contributed by atoms with van der Waals surface area (Å²) in [4.78, 5) is 0. The van der Waals surface area contributed by atoms with Crippen molar-refractivity contribution in [2.75, 3.05) is 7.11 Å². The van der Waals surface area contributed by atoms with Gasteiger partial charge in [0.2, 0.25) is 0 Å². The molecule has 3 N–H and O–H groups in total. The van der Waals surface area contributed by atoms with Gasteiger partial charge in [0, 0.05) is 12.1 Å². The lowest BCUT2D eigenvalue weighted by Gasteiger charge is -2.35. The molecule has 0 fully saturated rings. The van der Waals surface area contributed by atoms with Crippen LogP contribution >= 0.6 is 11.6 Å². The molecule has 0 spiro atoms. The third kappa shape index (κ3) is 3.68. The number of hydrogen-bond acceptors (Lipinski definition) is 3. The highest BCUT2D eigenvalue weighted by Crippen LogP contribution is 2.32. The largest absolute Gasteiger partial charge is 0.379 e. The zero-order valence-corrected chi connectivity index (χ0v) is 11.6. The number of nitrogens with one attached hydrogen (secondary N) is 1. The number of methoxy groups -OCH3 is 1. The minimum absolute atomic E-state index is 0.00851. The molecule has 17 heavy (non-hydrogen) atoms. The van der Waals surface area contributed by atoms with Crippen molar-refractivity contribution in [2.24, 2.45) is 11.3 Å². The van der Waals surface area contributed by atoms with E-state index in [9.17, 15) is 0 Å². The standard InChI is InChI=1S/C13H21ClN2O/c1-13(2,3)12(17-4)11(16-15)9-5-7-10(14)8-6-9/h5-8,11-12,16H,15H2,1-4H3. The van der Waals surface area contributed by atoms with Gasteiger partial charge in [-0.1, -0.05) is 44.5 Å². The Kier molecular flexibility index (Phi) is 4.95. The Morgan fingerprint density at radius 2 is 1.76 bits per heavy atom. The van der Waals surface area contributed by atoms with E-state index in [0.29, 0.717) is 5.02 Å². The normalized spacial score (nSPS) is 15.6. The lowest BCUT2D eigenvalue weighted by molar-refractivity contribution is -0.0120. The van der Waals surface area contributed by atoms with Crippen LogP contribution in [0.4, 0.5) is 0 Å². The first-order valence-electron chi connectivity index (χ1n) is 5.64. The van der Waals surface area contributed by atoms with Gasteiger partial charge in [0.15, 0.2) is 0 Å². The van der Waals surface area contributed by atoms with Gasteiger partial charge in [-0.15, -0.1) is 0 Å². The molecule has 0 saturated heterocycles. The summed E-state index contributed by atoms with van der Waals surface area (Å²) < 4.78 is 5.58. The van der Waals surface area contributed by atoms with Crippen LogP contribution in [0.2, 0.25) is 5.02 Å². The summed E-state index contributed by atoms with van der Waals surface area (Å²) in [5, 5.41) is 0.717. The molecule has 1 aromatic rings. The van der Waals surface area contributed by atoms with Crippen molar-refractivity contribution in [2.45, 2.75) is 32.9 Å². The molecule has 0 radical (unpaired) electrons. The minimum atomic E-state index is -0.0581. The van der Waals surface area contributed by atoms with Crippen LogP contribution < -0.4 is 11.3 Å². The van der Waals surface area contributed by atoms with E-state index in [-0.39, 0.29) is 17.6 Å². The molecule has 1 aromatic carbocycles. The summed E-state index contributed by atoms with van der Waals surface area (Å²) in [7, 11) is 1.70. The Balaban J connectivity index is 3.01. The van der Waals surface area contributed by atoms with Gasteiger partial charge in [-0.25, -0.2) is 0 Å². The fraction of sp³-hybridized carbons (Fsp3) is 0.538. The Morgan fingerprint density at radius 1 is 1.24 bits per heavy atom. The summed E-state index contributed by atoms with van der Waals surface area (Å²) in [5.74, 6) is 5.65. The molecule has 0 aliphatic carbocycles. The van der Waals surface area contributed by atoms with E-state index in [1.54, 1.807) is 7.11 Å². The van der Waals surface area contributed by atoms with E-state index in [4.69, 9.17) is 22.2 Å². The second-order valence-electron chi connectivity index (χ2n) is 5.22. The molecule has 0 saturated carbocycles. The molecule has 2 unspecified atom stereocenters. The molecule has 3 nitrogen and oxygen atoms in total. The molecule has 2 atom stereocenters.